The number of hydrogen-bond donors (Lipinski definition) is 0. The van der Waals surface area contributed by atoms with Crippen molar-refractivity contribution < 1.29 is 4.42 Å². The number of nitrogens with zero attached hydrogens (tertiary/aromatic N) is 1. The summed E-state index contributed by atoms with van der Waals surface area (Å²) in [6.45, 7) is 0. The van der Waals surface area contributed by atoms with Crippen LogP contribution in [0.15, 0.2) is 144 Å². The molecule has 11 rings (SSSR count). The van der Waals surface area contributed by atoms with Crippen LogP contribution in [-0.2, 0) is 0 Å². The van der Waals surface area contributed by atoms with Crippen LogP contribution in [0.25, 0.3) is 103 Å². The van der Waals surface area contributed by atoms with Gasteiger partial charge in [-0.15, -0.1) is 0 Å². The molecule has 0 saturated heterocycles. The Kier molecular flexibility index (Phi) is 4.10. The monoisotopic (exact) mass is 557 g/mol. The number of aromatic nitrogens is 1. The van der Waals surface area contributed by atoms with Crippen molar-refractivity contribution in [2.45, 2.75) is 0 Å². The van der Waals surface area contributed by atoms with Gasteiger partial charge < -0.3 is 8.98 Å². The summed E-state index contributed by atoms with van der Waals surface area (Å²) in [6, 6.07) is 51.0. The zero-order chi connectivity index (χ0) is 28.5. The molecule has 0 atom stereocenters. The number of rotatable bonds is 1. The zero-order valence-electron chi connectivity index (χ0n) is 23.6. The molecule has 0 N–H and O–H groups in total. The van der Waals surface area contributed by atoms with Crippen molar-refractivity contribution in [1.29, 1.82) is 0 Å². The second-order valence-corrected chi connectivity index (χ2v) is 12.0. The first-order chi connectivity index (χ1) is 21.8. The van der Waals surface area contributed by atoms with E-state index in [1.54, 1.807) is 0 Å². The van der Waals surface area contributed by atoms with Gasteiger partial charge in [0.15, 0.2) is 0 Å². The SMILES string of the molecule is c1ccc2c(c1)oc1c2ccc2c1c1ccccc1n2-c1ccc2c(c1)c1cccc3c4ccccc4c4cccc2c4c31. The summed E-state index contributed by atoms with van der Waals surface area (Å²) >= 11 is 0. The van der Waals surface area contributed by atoms with Crippen molar-refractivity contribution in [2.75, 3.05) is 0 Å². The Morgan fingerprint density at radius 1 is 0.341 bits per heavy atom. The quantitative estimate of drug-likeness (QED) is 0.145. The van der Waals surface area contributed by atoms with Crippen LogP contribution < -0.4 is 0 Å². The number of benzene rings is 9. The van der Waals surface area contributed by atoms with E-state index in [9.17, 15) is 0 Å². The first-order valence-corrected chi connectivity index (χ1v) is 15.2. The lowest BCUT2D eigenvalue weighted by molar-refractivity contribution is 0.673. The second-order valence-electron chi connectivity index (χ2n) is 12.0. The summed E-state index contributed by atoms with van der Waals surface area (Å²) < 4.78 is 8.96. The highest BCUT2D eigenvalue weighted by Gasteiger charge is 2.20. The van der Waals surface area contributed by atoms with Gasteiger partial charge in [-0.25, -0.2) is 0 Å². The van der Waals surface area contributed by atoms with Gasteiger partial charge in [0, 0.05) is 21.8 Å². The van der Waals surface area contributed by atoms with Gasteiger partial charge in [-0.05, 0) is 90.3 Å². The van der Waals surface area contributed by atoms with E-state index in [1.807, 2.05) is 6.07 Å². The smallest absolute Gasteiger partial charge is 0.145 e. The van der Waals surface area contributed by atoms with E-state index in [2.05, 4.69) is 138 Å². The van der Waals surface area contributed by atoms with Crippen LogP contribution in [-0.4, -0.2) is 4.57 Å². The van der Waals surface area contributed by atoms with E-state index < -0.39 is 0 Å². The van der Waals surface area contributed by atoms with E-state index in [-0.39, 0.29) is 0 Å². The van der Waals surface area contributed by atoms with Crippen molar-refractivity contribution in [3.63, 3.8) is 0 Å². The molecule has 9 aromatic carbocycles. The number of furan rings is 1. The molecule has 0 fully saturated rings. The standard InChI is InChI=1S/C42H23NO/c1-2-10-26-25(9-1)29-13-7-15-31-27-20-19-24(23-35(27)32-16-8-14-30(26)40(32)39(29)31)43-36-17-5-3-12-34(36)41-37(43)22-21-33-28-11-4-6-18-38(28)44-42(33)41/h1-23H. The van der Waals surface area contributed by atoms with E-state index in [1.165, 1.54) is 64.8 Å². The molecule has 0 spiro atoms. The molecule has 0 radical (unpaired) electrons. The third-order valence-electron chi connectivity index (χ3n) is 9.91. The van der Waals surface area contributed by atoms with Gasteiger partial charge in [0.1, 0.15) is 11.2 Å². The Balaban J connectivity index is 1.30. The van der Waals surface area contributed by atoms with Crippen molar-refractivity contribution >= 4 is 97.6 Å². The van der Waals surface area contributed by atoms with E-state index in [0.29, 0.717) is 0 Å². The fourth-order valence-corrected chi connectivity index (χ4v) is 8.14. The van der Waals surface area contributed by atoms with Gasteiger partial charge in [-0.2, -0.15) is 0 Å². The van der Waals surface area contributed by atoms with Gasteiger partial charge in [0.05, 0.1) is 16.4 Å². The minimum absolute atomic E-state index is 0.925. The maximum absolute atomic E-state index is 6.55. The van der Waals surface area contributed by atoms with Crippen LogP contribution in [0.1, 0.15) is 0 Å². The molecule has 0 aliphatic rings. The Bertz CT molecular complexity index is 2990. The first-order valence-electron chi connectivity index (χ1n) is 15.2. The normalized spacial score (nSPS) is 12.5. The third kappa shape index (κ3) is 2.68. The lowest BCUT2D eigenvalue weighted by Gasteiger charge is -2.18. The first kappa shape index (κ1) is 22.7. The van der Waals surface area contributed by atoms with Gasteiger partial charge in [0.2, 0.25) is 0 Å². The molecular formula is C42H23NO. The highest BCUT2D eigenvalue weighted by molar-refractivity contribution is 6.40. The molecule has 44 heavy (non-hydrogen) atoms. The summed E-state index contributed by atoms with van der Waals surface area (Å²) in [7, 11) is 0. The Morgan fingerprint density at radius 2 is 0.886 bits per heavy atom. The van der Waals surface area contributed by atoms with Crippen LogP contribution in [0.5, 0.6) is 0 Å². The summed E-state index contributed by atoms with van der Waals surface area (Å²) in [5.41, 5.74) is 5.36. The third-order valence-corrected chi connectivity index (χ3v) is 9.91. The molecule has 11 aromatic rings. The molecule has 0 unspecified atom stereocenters. The van der Waals surface area contributed by atoms with Gasteiger partial charge in [-0.3, -0.25) is 0 Å². The molecule has 0 aliphatic carbocycles. The predicted molar refractivity (Wildman–Crippen MR) is 187 cm³/mol. The summed E-state index contributed by atoms with van der Waals surface area (Å²) in [5, 5.41) is 17.8. The summed E-state index contributed by atoms with van der Waals surface area (Å²) in [4.78, 5) is 0. The molecule has 2 heteroatoms. The average Bonchev–Trinajstić information content (AvgIpc) is 3.63. The zero-order valence-corrected chi connectivity index (χ0v) is 23.6. The maximum atomic E-state index is 6.55. The van der Waals surface area contributed by atoms with Crippen molar-refractivity contribution in [3.8, 4) is 5.69 Å². The number of para-hydroxylation sites is 2. The summed E-state index contributed by atoms with van der Waals surface area (Å²) in [6.07, 6.45) is 0. The van der Waals surface area contributed by atoms with Crippen molar-refractivity contribution in [3.05, 3.63) is 140 Å². The van der Waals surface area contributed by atoms with Gasteiger partial charge >= 0.3 is 0 Å². The molecule has 0 aliphatic heterocycles. The molecule has 202 valence electrons. The second kappa shape index (κ2) is 7.94. The molecule has 2 heterocycles. The Labute approximate surface area is 251 Å². The fraction of sp³-hybridized carbons (Fsp3) is 0. The topological polar surface area (TPSA) is 18.1 Å². The predicted octanol–water partition coefficient (Wildman–Crippen LogP) is 11.9. The fourth-order valence-electron chi connectivity index (χ4n) is 8.14. The van der Waals surface area contributed by atoms with Gasteiger partial charge in [0.25, 0.3) is 0 Å². The number of fused-ring (bicyclic) bond motifs is 13. The molecular weight excluding hydrogens is 534 g/mol. The number of hydrogen-bond acceptors (Lipinski definition) is 1. The van der Waals surface area contributed by atoms with E-state index >= 15 is 0 Å². The minimum atomic E-state index is 0.925. The largest absolute Gasteiger partial charge is 0.455 e. The van der Waals surface area contributed by atoms with Crippen LogP contribution in [0, 0.1) is 0 Å². The van der Waals surface area contributed by atoms with Crippen LogP contribution in [0.3, 0.4) is 0 Å². The molecule has 0 bridgehead atoms. The molecule has 0 saturated carbocycles. The van der Waals surface area contributed by atoms with Crippen LogP contribution >= 0.6 is 0 Å². The Morgan fingerprint density at radius 3 is 1.61 bits per heavy atom. The summed E-state index contributed by atoms with van der Waals surface area (Å²) in [5.74, 6) is 0. The van der Waals surface area contributed by atoms with Crippen LogP contribution in [0.2, 0.25) is 0 Å². The van der Waals surface area contributed by atoms with Crippen molar-refractivity contribution in [2.24, 2.45) is 0 Å². The lowest BCUT2D eigenvalue weighted by Crippen LogP contribution is -1.95. The molecule has 2 aromatic heterocycles. The van der Waals surface area contributed by atoms with E-state index in [0.717, 1.165) is 38.5 Å². The average molecular weight is 558 g/mol. The lowest BCUT2D eigenvalue weighted by atomic mass is 9.86. The van der Waals surface area contributed by atoms with Gasteiger partial charge in [-0.1, -0.05) is 103 Å². The van der Waals surface area contributed by atoms with Crippen molar-refractivity contribution in [1.82, 2.24) is 4.57 Å². The highest BCUT2D eigenvalue weighted by atomic mass is 16.3. The minimum Gasteiger partial charge on any atom is -0.455 e. The molecule has 0 amide bonds. The highest BCUT2D eigenvalue weighted by Crippen LogP contribution is 2.46. The molecule has 2 nitrogen and oxygen atoms in total. The maximum Gasteiger partial charge on any atom is 0.145 e. The van der Waals surface area contributed by atoms with Crippen LogP contribution in [0.4, 0.5) is 0 Å². The Hall–Kier alpha value is -5.86. The van der Waals surface area contributed by atoms with E-state index in [4.69, 9.17) is 4.42 Å².